The molecule has 0 aromatic carbocycles. The van der Waals surface area contributed by atoms with E-state index in [4.69, 9.17) is 4.74 Å². The third-order valence-corrected chi connectivity index (χ3v) is 3.30. The molecule has 5 heteroatoms. The van der Waals surface area contributed by atoms with Gasteiger partial charge in [-0.15, -0.1) is 11.3 Å². The average Bonchev–Trinajstić information content (AvgIpc) is 2.96. The SMILES string of the molecule is CCCn1cc(C(=O)c2sccc2OC)cn1. The zero-order chi connectivity index (χ0) is 12.3. The van der Waals surface area contributed by atoms with Crippen molar-refractivity contribution in [2.75, 3.05) is 7.11 Å². The van der Waals surface area contributed by atoms with Gasteiger partial charge in [-0.2, -0.15) is 5.10 Å². The number of carbonyl (C=O) groups excluding carboxylic acids is 1. The van der Waals surface area contributed by atoms with E-state index in [2.05, 4.69) is 12.0 Å². The fourth-order valence-corrected chi connectivity index (χ4v) is 2.41. The maximum atomic E-state index is 12.2. The molecule has 0 aliphatic heterocycles. The monoisotopic (exact) mass is 250 g/mol. The summed E-state index contributed by atoms with van der Waals surface area (Å²) in [6.45, 7) is 2.90. The number of aromatic nitrogens is 2. The zero-order valence-corrected chi connectivity index (χ0v) is 10.7. The van der Waals surface area contributed by atoms with Gasteiger partial charge in [0.2, 0.25) is 5.78 Å². The first kappa shape index (κ1) is 11.9. The second kappa shape index (κ2) is 5.14. The molecule has 0 saturated carbocycles. The molecule has 0 atom stereocenters. The highest BCUT2D eigenvalue weighted by atomic mass is 32.1. The van der Waals surface area contributed by atoms with E-state index in [-0.39, 0.29) is 5.78 Å². The van der Waals surface area contributed by atoms with E-state index in [1.165, 1.54) is 11.3 Å². The van der Waals surface area contributed by atoms with Gasteiger partial charge in [0, 0.05) is 12.7 Å². The van der Waals surface area contributed by atoms with E-state index in [0.717, 1.165) is 13.0 Å². The third-order valence-electron chi connectivity index (χ3n) is 2.40. The van der Waals surface area contributed by atoms with Crippen molar-refractivity contribution in [2.45, 2.75) is 19.9 Å². The fourth-order valence-electron chi connectivity index (χ4n) is 1.59. The van der Waals surface area contributed by atoms with Crippen LogP contribution in [0.25, 0.3) is 0 Å². The summed E-state index contributed by atoms with van der Waals surface area (Å²) >= 11 is 1.39. The zero-order valence-electron chi connectivity index (χ0n) is 9.84. The lowest BCUT2D eigenvalue weighted by molar-refractivity contribution is 0.104. The first-order chi connectivity index (χ1) is 8.26. The number of ether oxygens (including phenoxy) is 1. The maximum Gasteiger partial charge on any atom is 0.209 e. The summed E-state index contributed by atoms with van der Waals surface area (Å²) in [6, 6.07) is 1.80. The third kappa shape index (κ3) is 2.39. The topological polar surface area (TPSA) is 44.1 Å². The van der Waals surface area contributed by atoms with Crippen LogP contribution >= 0.6 is 11.3 Å². The van der Waals surface area contributed by atoms with Crippen LogP contribution in [0.15, 0.2) is 23.8 Å². The Morgan fingerprint density at radius 1 is 1.59 bits per heavy atom. The van der Waals surface area contributed by atoms with Crippen molar-refractivity contribution in [3.05, 3.63) is 34.3 Å². The summed E-state index contributed by atoms with van der Waals surface area (Å²) < 4.78 is 6.93. The maximum absolute atomic E-state index is 12.2. The Bertz CT molecular complexity index is 516. The molecular weight excluding hydrogens is 236 g/mol. The lowest BCUT2D eigenvalue weighted by Gasteiger charge is -1.99. The van der Waals surface area contributed by atoms with Crippen LogP contribution < -0.4 is 4.74 Å². The Labute approximate surface area is 104 Å². The molecule has 0 bridgehead atoms. The number of aryl methyl sites for hydroxylation is 1. The lowest BCUT2D eigenvalue weighted by atomic mass is 10.2. The number of hydrogen-bond acceptors (Lipinski definition) is 4. The molecule has 90 valence electrons. The Morgan fingerprint density at radius 2 is 2.41 bits per heavy atom. The normalized spacial score (nSPS) is 10.5. The summed E-state index contributed by atoms with van der Waals surface area (Å²) in [6.07, 6.45) is 4.39. The van der Waals surface area contributed by atoms with Crippen LogP contribution in [-0.2, 0) is 6.54 Å². The first-order valence-corrected chi connectivity index (χ1v) is 6.33. The van der Waals surface area contributed by atoms with Gasteiger partial charge in [0.1, 0.15) is 10.6 Å². The van der Waals surface area contributed by atoms with Crippen molar-refractivity contribution >= 4 is 17.1 Å². The Hall–Kier alpha value is -1.62. The highest BCUT2D eigenvalue weighted by molar-refractivity contribution is 7.12. The number of ketones is 1. The Kier molecular flexibility index (Phi) is 3.58. The molecule has 0 aliphatic rings. The van der Waals surface area contributed by atoms with E-state index in [9.17, 15) is 4.79 Å². The van der Waals surface area contributed by atoms with E-state index in [0.29, 0.717) is 16.2 Å². The van der Waals surface area contributed by atoms with E-state index in [1.54, 1.807) is 30.3 Å². The van der Waals surface area contributed by atoms with Crippen molar-refractivity contribution in [1.29, 1.82) is 0 Å². The average molecular weight is 250 g/mol. The quantitative estimate of drug-likeness (QED) is 0.766. The van der Waals surface area contributed by atoms with Gasteiger partial charge < -0.3 is 4.74 Å². The van der Waals surface area contributed by atoms with Crippen LogP contribution in [0, 0.1) is 0 Å². The molecule has 0 N–H and O–H groups in total. The van der Waals surface area contributed by atoms with Gasteiger partial charge in [0.05, 0.1) is 18.9 Å². The van der Waals surface area contributed by atoms with Crippen LogP contribution in [0.2, 0.25) is 0 Å². The fraction of sp³-hybridized carbons (Fsp3) is 0.333. The minimum absolute atomic E-state index is 0.0285. The van der Waals surface area contributed by atoms with Gasteiger partial charge >= 0.3 is 0 Å². The number of rotatable bonds is 5. The highest BCUT2D eigenvalue weighted by Gasteiger charge is 2.17. The molecule has 2 rings (SSSR count). The summed E-state index contributed by atoms with van der Waals surface area (Å²) in [7, 11) is 1.57. The van der Waals surface area contributed by atoms with E-state index >= 15 is 0 Å². The molecule has 0 aliphatic carbocycles. The Morgan fingerprint density at radius 3 is 3.12 bits per heavy atom. The van der Waals surface area contributed by atoms with Gasteiger partial charge in [-0.05, 0) is 17.9 Å². The molecule has 0 saturated heterocycles. The molecule has 0 amide bonds. The molecule has 0 fully saturated rings. The van der Waals surface area contributed by atoms with Crippen LogP contribution in [0.4, 0.5) is 0 Å². The molecule has 4 nitrogen and oxygen atoms in total. The van der Waals surface area contributed by atoms with Gasteiger partial charge in [-0.1, -0.05) is 6.92 Å². The van der Waals surface area contributed by atoms with E-state index in [1.807, 2.05) is 5.38 Å². The van der Waals surface area contributed by atoms with E-state index < -0.39 is 0 Å². The first-order valence-electron chi connectivity index (χ1n) is 5.45. The van der Waals surface area contributed by atoms with Crippen molar-refractivity contribution in [3.8, 4) is 5.75 Å². The molecule has 0 spiro atoms. The lowest BCUT2D eigenvalue weighted by Crippen LogP contribution is -2.00. The second-order valence-electron chi connectivity index (χ2n) is 3.64. The second-order valence-corrected chi connectivity index (χ2v) is 4.56. The number of thiophene rings is 1. The molecule has 2 aromatic heterocycles. The molecule has 0 radical (unpaired) electrons. The van der Waals surface area contributed by atoms with Crippen molar-refractivity contribution in [2.24, 2.45) is 0 Å². The smallest absolute Gasteiger partial charge is 0.209 e. The molecule has 17 heavy (non-hydrogen) atoms. The molecular formula is C12H14N2O2S. The summed E-state index contributed by atoms with van der Waals surface area (Å²) in [5.74, 6) is 0.599. The predicted molar refractivity (Wildman–Crippen MR) is 66.8 cm³/mol. The largest absolute Gasteiger partial charge is 0.495 e. The van der Waals surface area contributed by atoms with Gasteiger partial charge in [-0.25, -0.2) is 0 Å². The number of nitrogens with zero attached hydrogens (tertiary/aromatic N) is 2. The Balaban J connectivity index is 2.24. The van der Waals surface area contributed by atoms with Gasteiger partial charge in [-0.3, -0.25) is 9.48 Å². The predicted octanol–water partition coefficient (Wildman–Crippen LogP) is 2.59. The summed E-state index contributed by atoms with van der Waals surface area (Å²) in [5.41, 5.74) is 0.610. The minimum atomic E-state index is -0.0285. The summed E-state index contributed by atoms with van der Waals surface area (Å²) in [4.78, 5) is 12.8. The number of carbonyl (C=O) groups is 1. The standard InChI is InChI=1S/C12H14N2O2S/c1-3-5-14-8-9(7-13-14)11(15)12-10(16-2)4-6-17-12/h4,6-8H,3,5H2,1-2H3. The number of methoxy groups -OCH3 is 1. The molecule has 2 aromatic rings. The van der Waals surface area contributed by atoms with Crippen LogP contribution in [-0.4, -0.2) is 22.7 Å². The number of hydrogen-bond donors (Lipinski definition) is 0. The van der Waals surface area contributed by atoms with Crippen LogP contribution in [0.1, 0.15) is 28.6 Å². The van der Waals surface area contributed by atoms with Gasteiger partial charge in [0.15, 0.2) is 0 Å². The molecule has 0 unspecified atom stereocenters. The molecule has 2 heterocycles. The van der Waals surface area contributed by atoms with Crippen LogP contribution in [0.3, 0.4) is 0 Å². The van der Waals surface area contributed by atoms with Crippen molar-refractivity contribution < 1.29 is 9.53 Å². The van der Waals surface area contributed by atoms with Crippen molar-refractivity contribution in [1.82, 2.24) is 9.78 Å². The van der Waals surface area contributed by atoms with Crippen molar-refractivity contribution in [3.63, 3.8) is 0 Å². The van der Waals surface area contributed by atoms with Gasteiger partial charge in [0.25, 0.3) is 0 Å². The highest BCUT2D eigenvalue weighted by Crippen LogP contribution is 2.26. The summed E-state index contributed by atoms with van der Waals surface area (Å²) in [5, 5.41) is 6.00. The minimum Gasteiger partial charge on any atom is -0.495 e. The van der Waals surface area contributed by atoms with Crippen LogP contribution in [0.5, 0.6) is 5.75 Å².